The molecule has 2 nitrogen and oxygen atoms in total. The molecule has 17 heavy (non-hydrogen) atoms. The first-order chi connectivity index (χ1) is 8.05. The van der Waals surface area contributed by atoms with Gasteiger partial charge in [0.25, 0.3) is 0 Å². The van der Waals surface area contributed by atoms with Crippen LogP contribution in [0.3, 0.4) is 0 Å². The largest absolute Gasteiger partial charge is 0.330 e. The van der Waals surface area contributed by atoms with Crippen molar-refractivity contribution in [3.63, 3.8) is 0 Å². The molecule has 0 radical (unpaired) electrons. The van der Waals surface area contributed by atoms with Crippen molar-refractivity contribution in [3.8, 4) is 0 Å². The van der Waals surface area contributed by atoms with Gasteiger partial charge in [-0.1, -0.05) is 20.3 Å². The Morgan fingerprint density at radius 1 is 1.00 bits per heavy atom. The summed E-state index contributed by atoms with van der Waals surface area (Å²) >= 11 is 0. The maximum Gasteiger partial charge on any atom is -0.00130 e. The molecule has 0 spiro atoms. The minimum Gasteiger partial charge on any atom is -0.330 e. The van der Waals surface area contributed by atoms with Gasteiger partial charge in [0.05, 0.1) is 0 Å². The lowest BCUT2D eigenvalue weighted by molar-refractivity contribution is 0.106. The first kappa shape index (κ1) is 13.4. The third-order valence-corrected chi connectivity index (χ3v) is 5.24. The van der Waals surface area contributed by atoms with Gasteiger partial charge in [-0.25, -0.2) is 0 Å². The third kappa shape index (κ3) is 3.45. The maximum atomic E-state index is 5.94. The molecule has 0 aromatic rings. The highest BCUT2D eigenvalue weighted by molar-refractivity contribution is 4.89. The first-order valence-electron chi connectivity index (χ1n) is 7.48. The average molecular weight is 238 g/mol. The van der Waals surface area contributed by atoms with E-state index in [0.717, 1.165) is 6.54 Å². The monoisotopic (exact) mass is 238 g/mol. The van der Waals surface area contributed by atoms with E-state index in [0.29, 0.717) is 10.8 Å². The second kappa shape index (κ2) is 5.27. The maximum absolute atomic E-state index is 5.94. The molecule has 2 rings (SSSR count). The first-order valence-corrected chi connectivity index (χ1v) is 7.48. The number of nitrogens with two attached hydrogens (primary N) is 1. The minimum atomic E-state index is 0.530. The average Bonchev–Trinajstić information content (AvgIpc) is 2.39. The van der Waals surface area contributed by atoms with Gasteiger partial charge in [-0.2, -0.15) is 0 Å². The Labute approximate surface area is 107 Å². The molecule has 2 heteroatoms. The van der Waals surface area contributed by atoms with Crippen LogP contribution in [0.4, 0.5) is 0 Å². The summed E-state index contributed by atoms with van der Waals surface area (Å²) in [7, 11) is 0. The summed E-state index contributed by atoms with van der Waals surface area (Å²) < 4.78 is 0. The SMILES string of the molecule is CC1(C)CCCN(CCC2(CN)CCC2)CC1. The van der Waals surface area contributed by atoms with Crippen molar-refractivity contribution < 1.29 is 0 Å². The van der Waals surface area contributed by atoms with Gasteiger partial charge in [0, 0.05) is 0 Å². The summed E-state index contributed by atoms with van der Waals surface area (Å²) in [6.45, 7) is 9.64. The van der Waals surface area contributed by atoms with E-state index in [9.17, 15) is 0 Å². The summed E-state index contributed by atoms with van der Waals surface area (Å²) in [5, 5.41) is 0. The van der Waals surface area contributed by atoms with E-state index in [1.165, 1.54) is 64.6 Å². The Balaban J connectivity index is 1.76. The van der Waals surface area contributed by atoms with Crippen LogP contribution in [-0.4, -0.2) is 31.1 Å². The molecule has 1 heterocycles. The quantitative estimate of drug-likeness (QED) is 0.816. The predicted molar refractivity (Wildman–Crippen MR) is 74.0 cm³/mol. The Hall–Kier alpha value is -0.0800. The summed E-state index contributed by atoms with van der Waals surface area (Å²) in [5.74, 6) is 0. The van der Waals surface area contributed by atoms with Crippen molar-refractivity contribution in [2.24, 2.45) is 16.6 Å². The van der Waals surface area contributed by atoms with Gasteiger partial charge in [0.2, 0.25) is 0 Å². The second-order valence-electron chi connectivity index (χ2n) is 7.17. The van der Waals surface area contributed by atoms with Gasteiger partial charge >= 0.3 is 0 Å². The van der Waals surface area contributed by atoms with Crippen LogP contribution in [0.1, 0.15) is 58.8 Å². The number of likely N-dealkylation sites (tertiary alicyclic amines) is 1. The normalized spacial score (nSPS) is 28.4. The van der Waals surface area contributed by atoms with Gasteiger partial charge in [0.1, 0.15) is 0 Å². The molecule has 2 N–H and O–H groups in total. The van der Waals surface area contributed by atoms with E-state index in [-0.39, 0.29) is 0 Å². The van der Waals surface area contributed by atoms with E-state index in [2.05, 4.69) is 18.7 Å². The van der Waals surface area contributed by atoms with Crippen molar-refractivity contribution in [2.75, 3.05) is 26.2 Å². The number of nitrogens with zero attached hydrogens (tertiary/aromatic N) is 1. The Morgan fingerprint density at radius 2 is 1.76 bits per heavy atom. The van der Waals surface area contributed by atoms with Crippen molar-refractivity contribution in [1.82, 2.24) is 4.90 Å². The van der Waals surface area contributed by atoms with Crippen LogP contribution in [0.15, 0.2) is 0 Å². The molecule has 1 saturated carbocycles. The predicted octanol–water partition coefficient (Wildman–Crippen LogP) is 3.02. The molecular formula is C15H30N2. The van der Waals surface area contributed by atoms with E-state index >= 15 is 0 Å². The highest BCUT2D eigenvalue weighted by Crippen LogP contribution is 2.43. The van der Waals surface area contributed by atoms with E-state index < -0.39 is 0 Å². The number of hydrogen-bond acceptors (Lipinski definition) is 2. The molecule has 2 fully saturated rings. The molecule has 0 unspecified atom stereocenters. The van der Waals surface area contributed by atoms with Gasteiger partial charge in [-0.05, 0) is 75.5 Å². The standard InChI is InChI=1S/C15H30N2/c1-14(2)5-4-10-17(11-8-14)12-9-15(13-16)6-3-7-15/h3-13,16H2,1-2H3. The summed E-state index contributed by atoms with van der Waals surface area (Å²) in [4.78, 5) is 2.68. The Kier molecular flexibility index (Phi) is 4.14. The zero-order chi connectivity index (χ0) is 12.4. The third-order valence-electron chi connectivity index (χ3n) is 5.24. The van der Waals surface area contributed by atoms with Crippen molar-refractivity contribution in [1.29, 1.82) is 0 Å². The van der Waals surface area contributed by atoms with Crippen LogP contribution in [0.25, 0.3) is 0 Å². The topological polar surface area (TPSA) is 29.3 Å². The van der Waals surface area contributed by atoms with E-state index in [4.69, 9.17) is 5.73 Å². The number of hydrogen-bond donors (Lipinski definition) is 1. The Bertz CT molecular complexity index is 238. The van der Waals surface area contributed by atoms with E-state index in [1.54, 1.807) is 0 Å². The van der Waals surface area contributed by atoms with Crippen LogP contribution >= 0.6 is 0 Å². The fourth-order valence-electron chi connectivity index (χ4n) is 3.33. The molecule has 0 aromatic carbocycles. The lowest BCUT2D eigenvalue weighted by Gasteiger charge is -2.42. The molecule has 0 bridgehead atoms. The molecule has 2 aliphatic rings. The van der Waals surface area contributed by atoms with Crippen molar-refractivity contribution in [3.05, 3.63) is 0 Å². The molecular weight excluding hydrogens is 208 g/mol. The van der Waals surface area contributed by atoms with Crippen LogP contribution in [0.5, 0.6) is 0 Å². The molecule has 100 valence electrons. The Morgan fingerprint density at radius 3 is 2.35 bits per heavy atom. The highest BCUT2D eigenvalue weighted by Gasteiger charge is 2.35. The molecule has 1 aliphatic heterocycles. The second-order valence-corrected chi connectivity index (χ2v) is 7.17. The van der Waals surface area contributed by atoms with Crippen LogP contribution < -0.4 is 5.73 Å². The molecule has 1 saturated heterocycles. The van der Waals surface area contributed by atoms with Crippen LogP contribution in [0, 0.1) is 10.8 Å². The lowest BCUT2D eigenvalue weighted by Crippen LogP contribution is -2.40. The summed E-state index contributed by atoms with van der Waals surface area (Å²) in [6, 6.07) is 0. The van der Waals surface area contributed by atoms with Crippen molar-refractivity contribution in [2.45, 2.75) is 58.8 Å². The fourth-order valence-corrected chi connectivity index (χ4v) is 3.33. The van der Waals surface area contributed by atoms with Crippen molar-refractivity contribution >= 4 is 0 Å². The fraction of sp³-hybridized carbons (Fsp3) is 1.00. The smallest absolute Gasteiger partial charge is 0.00130 e. The zero-order valence-corrected chi connectivity index (χ0v) is 11.8. The highest BCUT2D eigenvalue weighted by atomic mass is 15.1. The van der Waals surface area contributed by atoms with Gasteiger partial charge in [-0.15, -0.1) is 0 Å². The molecule has 0 aromatic heterocycles. The van der Waals surface area contributed by atoms with E-state index in [1.807, 2.05) is 0 Å². The van der Waals surface area contributed by atoms with Crippen LogP contribution in [0.2, 0.25) is 0 Å². The summed E-state index contributed by atoms with van der Waals surface area (Å²) in [6.07, 6.45) is 9.64. The number of rotatable bonds is 4. The lowest BCUT2D eigenvalue weighted by atomic mass is 9.66. The molecule has 0 amide bonds. The summed E-state index contributed by atoms with van der Waals surface area (Å²) in [5.41, 5.74) is 7.04. The van der Waals surface area contributed by atoms with Gasteiger partial charge < -0.3 is 10.6 Å². The van der Waals surface area contributed by atoms with Gasteiger partial charge in [-0.3, -0.25) is 0 Å². The molecule has 1 aliphatic carbocycles. The zero-order valence-electron chi connectivity index (χ0n) is 11.8. The van der Waals surface area contributed by atoms with Crippen LogP contribution in [-0.2, 0) is 0 Å². The minimum absolute atomic E-state index is 0.530. The van der Waals surface area contributed by atoms with Gasteiger partial charge in [0.15, 0.2) is 0 Å². The molecule has 0 atom stereocenters.